The molecule has 1 unspecified atom stereocenters. The van der Waals surface area contributed by atoms with Gasteiger partial charge in [-0.2, -0.15) is 0 Å². The Kier molecular flexibility index (Phi) is 2.27. The zero-order valence-corrected chi connectivity index (χ0v) is 7.91. The molecule has 1 heteroatoms. The van der Waals surface area contributed by atoms with Crippen LogP contribution < -0.4 is 0 Å². The van der Waals surface area contributed by atoms with Crippen LogP contribution in [-0.4, -0.2) is 5.67 Å². The summed E-state index contributed by atoms with van der Waals surface area (Å²) in [6.45, 7) is 6.05. The van der Waals surface area contributed by atoms with Crippen LogP contribution in [0.2, 0.25) is 0 Å². The van der Waals surface area contributed by atoms with Gasteiger partial charge in [0.15, 0.2) is 0 Å². The minimum atomic E-state index is -0.834. The van der Waals surface area contributed by atoms with E-state index in [1.807, 2.05) is 0 Å². The maximum atomic E-state index is 13.5. The maximum absolute atomic E-state index is 13.5. The number of rotatable bonds is 4. The highest BCUT2D eigenvalue weighted by atomic mass is 19.1. The molecule has 0 spiro atoms. The van der Waals surface area contributed by atoms with Crippen molar-refractivity contribution in [3.8, 4) is 0 Å². The average molecular weight is 158 g/mol. The van der Waals surface area contributed by atoms with E-state index >= 15 is 0 Å². The second-order valence-electron chi connectivity index (χ2n) is 4.15. The van der Waals surface area contributed by atoms with Gasteiger partial charge >= 0.3 is 0 Å². The number of hydrogen-bond acceptors (Lipinski definition) is 0. The number of hydrogen-bond donors (Lipinski definition) is 0. The van der Waals surface area contributed by atoms with Crippen LogP contribution in [0.15, 0.2) is 0 Å². The average Bonchev–Trinajstić information content (AvgIpc) is 2.35. The van der Waals surface area contributed by atoms with Crippen LogP contribution in [0.25, 0.3) is 0 Å². The van der Waals surface area contributed by atoms with Crippen molar-refractivity contribution in [1.29, 1.82) is 0 Å². The molecule has 1 rings (SSSR count). The van der Waals surface area contributed by atoms with E-state index in [9.17, 15) is 4.39 Å². The van der Waals surface area contributed by atoms with Crippen LogP contribution in [0.5, 0.6) is 0 Å². The summed E-state index contributed by atoms with van der Waals surface area (Å²) in [6.07, 6.45) is 5.21. The minimum Gasteiger partial charge on any atom is -0.244 e. The Bertz CT molecular complexity index is 132. The molecule has 11 heavy (non-hydrogen) atoms. The van der Waals surface area contributed by atoms with Gasteiger partial charge in [-0.1, -0.05) is 26.7 Å². The molecule has 1 fully saturated rings. The van der Waals surface area contributed by atoms with Crippen molar-refractivity contribution in [3.05, 3.63) is 0 Å². The van der Waals surface area contributed by atoms with E-state index in [2.05, 4.69) is 13.8 Å². The zero-order chi connectivity index (χ0) is 8.54. The molecular formula is C10H19F. The summed E-state index contributed by atoms with van der Waals surface area (Å²) in [7, 11) is 0. The van der Waals surface area contributed by atoms with Gasteiger partial charge in [-0.3, -0.25) is 0 Å². The van der Waals surface area contributed by atoms with Gasteiger partial charge in [0.25, 0.3) is 0 Å². The fraction of sp³-hybridized carbons (Fsp3) is 1.00. The number of alkyl halides is 1. The third-order valence-corrected chi connectivity index (χ3v) is 3.11. The molecule has 1 aliphatic carbocycles. The van der Waals surface area contributed by atoms with Crippen molar-refractivity contribution in [2.24, 2.45) is 5.41 Å². The Labute approximate surface area is 69.2 Å². The van der Waals surface area contributed by atoms with Crippen LogP contribution >= 0.6 is 0 Å². The Morgan fingerprint density at radius 2 is 1.55 bits per heavy atom. The third kappa shape index (κ3) is 1.43. The van der Waals surface area contributed by atoms with Crippen LogP contribution in [0.4, 0.5) is 4.39 Å². The van der Waals surface area contributed by atoms with Gasteiger partial charge in [0.05, 0.1) is 0 Å². The third-order valence-electron chi connectivity index (χ3n) is 3.11. The van der Waals surface area contributed by atoms with Gasteiger partial charge in [-0.15, -0.1) is 0 Å². The maximum Gasteiger partial charge on any atom is 0.114 e. The number of halogens is 1. The SMILES string of the molecule is CCCC1(CCC)CC1(C)F. The predicted octanol–water partition coefficient (Wildman–Crippen LogP) is 3.70. The first-order valence-corrected chi connectivity index (χ1v) is 4.77. The van der Waals surface area contributed by atoms with E-state index in [1.54, 1.807) is 6.92 Å². The lowest BCUT2D eigenvalue weighted by molar-refractivity contribution is 0.222. The Morgan fingerprint density at radius 1 is 1.18 bits per heavy atom. The summed E-state index contributed by atoms with van der Waals surface area (Å²) < 4.78 is 13.5. The van der Waals surface area contributed by atoms with Gasteiger partial charge in [-0.05, 0) is 26.2 Å². The van der Waals surface area contributed by atoms with E-state index < -0.39 is 5.67 Å². The molecule has 1 saturated carbocycles. The van der Waals surface area contributed by atoms with Crippen LogP contribution in [0.3, 0.4) is 0 Å². The zero-order valence-electron chi connectivity index (χ0n) is 7.91. The van der Waals surface area contributed by atoms with Gasteiger partial charge in [0, 0.05) is 5.41 Å². The molecule has 0 bridgehead atoms. The van der Waals surface area contributed by atoms with Crippen molar-refractivity contribution in [1.82, 2.24) is 0 Å². The lowest BCUT2D eigenvalue weighted by Crippen LogP contribution is -2.11. The van der Waals surface area contributed by atoms with Gasteiger partial charge in [0.2, 0.25) is 0 Å². The first kappa shape index (κ1) is 9.02. The molecule has 0 nitrogen and oxygen atoms in total. The Hall–Kier alpha value is -0.0700. The van der Waals surface area contributed by atoms with Crippen molar-refractivity contribution < 1.29 is 4.39 Å². The van der Waals surface area contributed by atoms with E-state index in [0.717, 1.165) is 32.1 Å². The van der Waals surface area contributed by atoms with E-state index in [0.29, 0.717) is 0 Å². The lowest BCUT2D eigenvalue weighted by Gasteiger charge is -2.15. The predicted molar refractivity (Wildman–Crippen MR) is 46.4 cm³/mol. The Morgan fingerprint density at radius 3 is 1.73 bits per heavy atom. The topological polar surface area (TPSA) is 0 Å². The van der Waals surface area contributed by atoms with Gasteiger partial charge < -0.3 is 0 Å². The fourth-order valence-electron chi connectivity index (χ4n) is 2.37. The highest BCUT2D eigenvalue weighted by molar-refractivity contribution is 5.13. The molecule has 0 radical (unpaired) electrons. The molecule has 1 atom stereocenters. The van der Waals surface area contributed by atoms with Crippen LogP contribution in [-0.2, 0) is 0 Å². The van der Waals surface area contributed by atoms with Gasteiger partial charge in [-0.25, -0.2) is 4.39 Å². The van der Waals surface area contributed by atoms with Crippen molar-refractivity contribution >= 4 is 0 Å². The monoisotopic (exact) mass is 158 g/mol. The summed E-state index contributed by atoms with van der Waals surface area (Å²) in [6, 6.07) is 0. The quantitative estimate of drug-likeness (QED) is 0.585. The second kappa shape index (κ2) is 2.76. The fourth-order valence-corrected chi connectivity index (χ4v) is 2.37. The molecule has 0 saturated heterocycles. The van der Waals surface area contributed by atoms with Crippen LogP contribution in [0.1, 0.15) is 52.9 Å². The molecule has 0 aromatic carbocycles. The highest BCUT2D eigenvalue weighted by Crippen LogP contribution is 2.64. The van der Waals surface area contributed by atoms with E-state index in [1.165, 1.54) is 0 Å². The van der Waals surface area contributed by atoms with Crippen molar-refractivity contribution in [3.63, 3.8) is 0 Å². The molecule has 0 aromatic rings. The second-order valence-corrected chi connectivity index (χ2v) is 4.15. The standard InChI is InChI=1S/C10H19F/c1-4-6-10(7-5-2)8-9(10,3)11/h4-8H2,1-3H3. The summed E-state index contributed by atoms with van der Waals surface area (Å²) >= 11 is 0. The smallest absolute Gasteiger partial charge is 0.114 e. The molecular weight excluding hydrogens is 139 g/mol. The largest absolute Gasteiger partial charge is 0.244 e. The summed E-state index contributed by atoms with van der Waals surface area (Å²) in [4.78, 5) is 0. The summed E-state index contributed by atoms with van der Waals surface area (Å²) in [5.41, 5.74) is -0.754. The molecule has 0 amide bonds. The minimum absolute atomic E-state index is 0.0799. The normalized spacial score (nSPS) is 33.8. The Balaban J connectivity index is 2.48. The molecule has 66 valence electrons. The van der Waals surface area contributed by atoms with Crippen molar-refractivity contribution in [2.75, 3.05) is 0 Å². The van der Waals surface area contributed by atoms with Gasteiger partial charge in [0.1, 0.15) is 5.67 Å². The first-order valence-electron chi connectivity index (χ1n) is 4.77. The molecule has 0 aliphatic heterocycles. The molecule has 1 aliphatic rings. The first-order chi connectivity index (χ1) is 5.08. The highest BCUT2D eigenvalue weighted by Gasteiger charge is 2.63. The summed E-state index contributed by atoms with van der Waals surface area (Å²) in [5.74, 6) is 0. The molecule has 0 heterocycles. The van der Waals surface area contributed by atoms with E-state index in [-0.39, 0.29) is 5.41 Å². The van der Waals surface area contributed by atoms with Crippen LogP contribution in [0, 0.1) is 5.41 Å². The summed E-state index contributed by atoms with van der Waals surface area (Å²) in [5, 5.41) is 0. The lowest BCUT2D eigenvalue weighted by atomic mass is 9.92. The molecule has 0 N–H and O–H groups in total. The molecule has 0 aromatic heterocycles. The van der Waals surface area contributed by atoms with E-state index in [4.69, 9.17) is 0 Å². The van der Waals surface area contributed by atoms with Crippen molar-refractivity contribution in [2.45, 2.75) is 58.5 Å².